The molecule has 0 saturated heterocycles. The van der Waals surface area contributed by atoms with Gasteiger partial charge in [-0.05, 0) is 42.0 Å². The molecular formula is C13H17BrN2O2S3. The van der Waals surface area contributed by atoms with Crippen LogP contribution in [-0.4, -0.2) is 26.8 Å². The second-order valence-corrected chi connectivity index (χ2v) is 9.92. The van der Waals surface area contributed by atoms with Crippen molar-refractivity contribution in [1.82, 2.24) is 9.62 Å². The fraction of sp³-hybridized carbons (Fsp3) is 0.385. The van der Waals surface area contributed by atoms with Crippen LogP contribution in [0.4, 0.5) is 0 Å². The van der Waals surface area contributed by atoms with E-state index < -0.39 is 10.0 Å². The van der Waals surface area contributed by atoms with E-state index in [0.717, 1.165) is 19.1 Å². The van der Waals surface area contributed by atoms with Crippen molar-refractivity contribution in [2.45, 2.75) is 24.9 Å². The van der Waals surface area contributed by atoms with Crippen molar-refractivity contribution in [3.63, 3.8) is 0 Å². The molecule has 8 heteroatoms. The Bertz CT molecular complexity index is 722. The number of thiophene rings is 2. The maximum absolute atomic E-state index is 12.7. The van der Waals surface area contributed by atoms with Gasteiger partial charge in [0, 0.05) is 44.6 Å². The first-order valence-electron chi connectivity index (χ1n) is 6.27. The Labute approximate surface area is 142 Å². The number of aryl methyl sites for hydroxylation is 1. The molecule has 21 heavy (non-hydrogen) atoms. The van der Waals surface area contributed by atoms with E-state index in [1.165, 1.54) is 15.6 Å². The minimum absolute atomic E-state index is 0.384. The zero-order valence-electron chi connectivity index (χ0n) is 12.0. The number of sulfonamides is 1. The van der Waals surface area contributed by atoms with Gasteiger partial charge in [-0.1, -0.05) is 0 Å². The van der Waals surface area contributed by atoms with E-state index in [9.17, 15) is 8.42 Å². The first-order chi connectivity index (χ1) is 9.84. The van der Waals surface area contributed by atoms with Crippen LogP contribution in [0.1, 0.15) is 14.6 Å². The van der Waals surface area contributed by atoms with E-state index in [2.05, 4.69) is 21.2 Å². The lowest BCUT2D eigenvalue weighted by Crippen LogP contribution is -2.26. The topological polar surface area (TPSA) is 49.4 Å². The lowest BCUT2D eigenvalue weighted by atomic mass is 10.4. The maximum atomic E-state index is 12.7. The van der Waals surface area contributed by atoms with Crippen molar-refractivity contribution in [2.24, 2.45) is 0 Å². The molecule has 2 rings (SSSR count). The average molecular weight is 409 g/mol. The van der Waals surface area contributed by atoms with Gasteiger partial charge in [0.25, 0.3) is 0 Å². The Balaban J connectivity index is 2.24. The zero-order valence-corrected chi connectivity index (χ0v) is 16.0. The lowest BCUT2D eigenvalue weighted by Gasteiger charge is -2.16. The number of halogens is 1. The Kier molecular flexibility index (Phi) is 5.61. The predicted molar refractivity (Wildman–Crippen MR) is 92.5 cm³/mol. The standard InChI is InChI=1S/C13H17BrN2O2S3/c1-9-13(5-11(20-9)6-15-2)21(17,18)16(3)7-12-4-10(14)8-19-12/h4-5,8,15H,6-7H2,1-3H3. The van der Waals surface area contributed by atoms with Crippen LogP contribution >= 0.6 is 38.6 Å². The van der Waals surface area contributed by atoms with E-state index in [-0.39, 0.29) is 0 Å². The van der Waals surface area contributed by atoms with Crippen molar-refractivity contribution in [2.75, 3.05) is 14.1 Å². The summed E-state index contributed by atoms with van der Waals surface area (Å²) in [5, 5.41) is 5.00. The molecule has 0 spiro atoms. The SMILES string of the molecule is CNCc1cc(S(=O)(=O)N(C)Cc2cc(Br)cs2)c(C)s1. The fourth-order valence-corrected chi connectivity index (χ4v) is 6.30. The third-order valence-corrected chi connectivity index (χ3v) is 7.75. The summed E-state index contributed by atoms with van der Waals surface area (Å²) in [6.45, 7) is 2.92. The van der Waals surface area contributed by atoms with E-state index in [0.29, 0.717) is 18.0 Å². The van der Waals surface area contributed by atoms with Crippen LogP contribution in [0, 0.1) is 6.92 Å². The van der Waals surface area contributed by atoms with E-state index in [1.807, 2.05) is 25.4 Å². The Morgan fingerprint density at radius 3 is 2.62 bits per heavy atom. The van der Waals surface area contributed by atoms with Crippen LogP contribution < -0.4 is 5.32 Å². The smallest absolute Gasteiger partial charge is 0.244 e. The summed E-state index contributed by atoms with van der Waals surface area (Å²) in [5.41, 5.74) is 0. The lowest BCUT2D eigenvalue weighted by molar-refractivity contribution is 0.469. The molecular weight excluding hydrogens is 392 g/mol. The highest BCUT2D eigenvalue weighted by Crippen LogP contribution is 2.29. The summed E-state index contributed by atoms with van der Waals surface area (Å²) in [6.07, 6.45) is 0. The van der Waals surface area contributed by atoms with Crippen LogP contribution in [0.25, 0.3) is 0 Å². The van der Waals surface area contributed by atoms with Crippen molar-refractivity contribution < 1.29 is 8.42 Å². The number of nitrogens with one attached hydrogen (secondary N) is 1. The zero-order chi connectivity index (χ0) is 15.6. The predicted octanol–water partition coefficient (Wildman–Crippen LogP) is 3.42. The Morgan fingerprint density at radius 2 is 2.05 bits per heavy atom. The van der Waals surface area contributed by atoms with Gasteiger partial charge in [-0.25, -0.2) is 8.42 Å². The van der Waals surface area contributed by atoms with Crippen molar-refractivity contribution in [3.8, 4) is 0 Å². The third-order valence-electron chi connectivity index (χ3n) is 2.96. The van der Waals surface area contributed by atoms with E-state index >= 15 is 0 Å². The molecule has 0 aliphatic rings. The van der Waals surface area contributed by atoms with Gasteiger partial charge in [0.1, 0.15) is 0 Å². The van der Waals surface area contributed by atoms with Crippen LogP contribution in [0.5, 0.6) is 0 Å². The number of hydrogen-bond donors (Lipinski definition) is 1. The quantitative estimate of drug-likeness (QED) is 0.796. The summed E-state index contributed by atoms with van der Waals surface area (Å²) in [5.74, 6) is 0. The molecule has 0 aromatic carbocycles. The molecule has 0 saturated carbocycles. The summed E-state index contributed by atoms with van der Waals surface area (Å²) in [7, 11) is 0.0253. The van der Waals surface area contributed by atoms with Crippen LogP contribution in [0.15, 0.2) is 26.9 Å². The molecule has 0 bridgehead atoms. The molecule has 0 atom stereocenters. The number of nitrogens with zero attached hydrogens (tertiary/aromatic N) is 1. The van der Waals surface area contributed by atoms with Crippen molar-refractivity contribution >= 4 is 48.6 Å². The largest absolute Gasteiger partial charge is 0.315 e. The van der Waals surface area contributed by atoms with E-state index in [4.69, 9.17) is 0 Å². The van der Waals surface area contributed by atoms with Crippen molar-refractivity contribution in [3.05, 3.63) is 36.6 Å². The van der Waals surface area contributed by atoms with Crippen LogP contribution in [-0.2, 0) is 23.1 Å². The Hall–Kier alpha value is -0.250. The molecule has 2 heterocycles. The molecule has 0 aliphatic carbocycles. The highest BCUT2D eigenvalue weighted by molar-refractivity contribution is 9.10. The van der Waals surface area contributed by atoms with Gasteiger partial charge in [0.15, 0.2) is 0 Å². The van der Waals surface area contributed by atoms with Crippen LogP contribution in [0.2, 0.25) is 0 Å². The maximum Gasteiger partial charge on any atom is 0.244 e. The molecule has 2 aromatic rings. The van der Waals surface area contributed by atoms with Gasteiger partial charge in [0.05, 0.1) is 4.90 Å². The average Bonchev–Trinajstić information content (AvgIpc) is 2.96. The molecule has 0 aliphatic heterocycles. The number of rotatable bonds is 6. The van der Waals surface area contributed by atoms with E-state index in [1.54, 1.807) is 24.5 Å². The molecule has 4 nitrogen and oxygen atoms in total. The molecule has 116 valence electrons. The summed E-state index contributed by atoms with van der Waals surface area (Å²) in [4.78, 5) is 3.28. The minimum Gasteiger partial charge on any atom is -0.315 e. The summed E-state index contributed by atoms with van der Waals surface area (Å²) < 4.78 is 27.8. The highest BCUT2D eigenvalue weighted by Gasteiger charge is 2.25. The fourth-order valence-electron chi connectivity index (χ4n) is 1.95. The summed E-state index contributed by atoms with van der Waals surface area (Å²) in [6, 6.07) is 3.72. The minimum atomic E-state index is -3.45. The first-order valence-corrected chi connectivity index (χ1v) is 10.2. The van der Waals surface area contributed by atoms with Gasteiger partial charge >= 0.3 is 0 Å². The molecule has 0 unspecified atom stereocenters. The molecule has 1 N–H and O–H groups in total. The second-order valence-electron chi connectivity index (χ2n) is 4.66. The normalized spacial score (nSPS) is 12.2. The van der Waals surface area contributed by atoms with Crippen molar-refractivity contribution in [1.29, 1.82) is 0 Å². The second kappa shape index (κ2) is 6.89. The Morgan fingerprint density at radius 1 is 1.33 bits per heavy atom. The monoisotopic (exact) mass is 408 g/mol. The third kappa shape index (κ3) is 3.94. The number of hydrogen-bond acceptors (Lipinski definition) is 5. The van der Waals surface area contributed by atoms with Gasteiger partial charge in [0.2, 0.25) is 10.0 Å². The van der Waals surface area contributed by atoms with Gasteiger partial charge in [-0.2, -0.15) is 4.31 Å². The highest BCUT2D eigenvalue weighted by atomic mass is 79.9. The van der Waals surface area contributed by atoms with Crippen LogP contribution in [0.3, 0.4) is 0 Å². The molecule has 2 aromatic heterocycles. The molecule has 0 radical (unpaired) electrons. The van der Waals surface area contributed by atoms with Gasteiger partial charge in [-0.3, -0.25) is 0 Å². The van der Waals surface area contributed by atoms with Gasteiger partial charge < -0.3 is 5.32 Å². The van der Waals surface area contributed by atoms with Gasteiger partial charge in [-0.15, -0.1) is 22.7 Å². The molecule has 0 amide bonds. The summed E-state index contributed by atoms with van der Waals surface area (Å²) >= 11 is 6.45. The molecule has 0 fully saturated rings. The first kappa shape index (κ1) is 17.1.